The van der Waals surface area contributed by atoms with E-state index in [1.807, 2.05) is 29.0 Å². The second kappa shape index (κ2) is 7.56. The van der Waals surface area contributed by atoms with Crippen LogP contribution in [0.25, 0.3) is 11.5 Å². The third kappa shape index (κ3) is 3.79. The molecule has 4 rings (SSSR count). The van der Waals surface area contributed by atoms with Crippen molar-refractivity contribution in [3.8, 4) is 11.5 Å². The second-order valence-electron chi connectivity index (χ2n) is 5.56. The van der Waals surface area contributed by atoms with Crippen molar-refractivity contribution < 1.29 is 4.52 Å². The molecular formula is C17H15N5OS3. The van der Waals surface area contributed by atoms with Gasteiger partial charge in [0.05, 0.1) is 11.3 Å². The van der Waals surface area contributed by atoms with Gasteiger partial charge in [-0.25, -0.2) is 0 Å². The molecule has 0 atom stereocenters. The Kier molecular flexibility index (Phi) is 5.00. The summed E-state index contributed by atoms with van der Waals surface area (Å²) < 4.78 is 6.15. The van der Waals surface area contributed by atoms with Crippen LogP contribution in [0.15, 0.2) is 43.9 Å². The standard InChI is InChI=1S/C17H15N5OS3/c1-10-4-3-5-13(11(10)2)18-16-20-21-17(26-16)25-9-14-19-15(23-22-14)12-6-7-24-8-12/h3-8H,9H2,1-2H3,(H,18,20). The van der Waals surface area contributed by atoms with Crippen molar-refractivity contribution >= 4 is 45.3 Å². The predicted molar refractivity (Wildman–Crippen MR) is 106 cm³/mol. The van der Waals surface area contributed by atoms with E-state index in [0.29, 0.717) is 17.5 Å². The van der Waals surface area contributed by atoms with Crippen LogP contribution < -0.4 is 5.32 Å². The molecule has 3 heterocycles. The van der Waals surface area contributed by atoms with E-state index in [0.717, 1.165) is 20.7 Å². The number of thiophene rings is 1. The van der Waals surface area contributed by atoms with Crippen molar-refractivity contribution in [1.29, 1.82) is 0 Å². The van der Waals surface area contributed by atoms with Crippen molar-refractivity contribution in [3.05, 3.63) is 52.0 Å². The summed E-state index contributed by atoms with van der Waals surface area (Å²) in [6.45, 7) is 4.19. The van der Waals surface area contributed by atoms with E-state index in [4.69, 9.17) is 4.52 Å². The maximum absolute atomic E-state index is 5.29. The molecule has 26 heavy (non-hydrogen) atoms. The van der Waals surface area contributed by atoms with Crippen LogP contribution in [0.3, 0.4) is 0 Å². The molecular weight excluding hydrogens is 386 g/mol. The van der Waals surface area contributed by atoms with Gasteiger partial charge in [0.15, 0.2) is 10.2 Å². The Morgan fingerprint density at radius 3 is 2.96 bits per heavy atom. The van der Waals surface area contributed by atoms with Gasteiger partial charge >= 0.3 is 0 Å². The summed E-state index contributed by atoms with van der Waals surface area (Å²) in [4.78, 5) is 4.41. The normalized spacial score (nSPS) is 11.0. The number of aromatic nitrogens is 4. The minimum Gasteiger partial charge on any atom is -0.334 e. The van der Waals surface area contributed by atoms with Crippen LogP contribution in [-0.4, -0.2) is 20.3 Å². The van der Waals surface area contributed by atoms with Gasteiger partial charge in [-0.1, -0.05) is 40.4 Å². The van der Waals surface area contributed by atoms with Gasteiger partial charge in [-0.2, -0.15) is 16.3 Å². The SMILES string of the molecule is Cc1cccc(Nc2nnc(SCc3noc(-c4ccsc4)n3)s2)c1C. The van der Waals surface area contributed by atoms with Crippen LogP contribution in [0.2, 0.25) is 0 Å². The molecule has 1 aromatic carbocycles. The Hall–Kier alpha value is -2.23. The Morgan fingerprint density at radius 1 is 1.19 bits per heavy atom. The zero-order valence-corrected chi connectivity index (χ0v) is 16.5. The Labute approximate surface area is 162 Å². The first-order valence-corrected chi connectivity index (χ1v) is 10.6. The first kappa shape index (κ1) is 17.2. The van der Waals surface area contributed by atoms with Crippen molar-refractivity contribution in [2.75, 3.05) is 5.32 Å². The van der Waals surface area contributed by atoms with E-state index in [1.165, 1.54) is 22.5 Å². The molecule has 0 spiro atoms. The number of hydrogen-bond donors (Lipinski definition) is 1. The highest BCUT2D eigenvalue weighted by molar-refractivity contribution is 8.00. The van der Waals surface area contributed by atoms with Crippen molar-refractivity contribution in [2.24, 2.45) is 0 Å². The minimum absolute atomic E-state index is 0.552. The molecule has 0 saturated carbocycles. The summed E-state index contributed by atoms with van der Waals surface area (Å²) in [6.07, 6.45) is 0. The van der Waals surface area contributed by atoms with Gasteiger partial charge in [0.2, 0.25) is 5.13 Å². The number of anilines is 2. The summed E-state index contributed by atoms with van der Waals surface area (Å²) >= 11 is 4.66. The Bertz CT molecular complexity index is 1010. The minimum atomic E-state index is 0.552. The van der Waals surface area contributed by atoms with E-state index >= 15 is 0 Å². The molecule has 0 aliphatic carbocycles. The molecule has 6 nitrogen and oxygen atoms in total. The number of aryl methyl sites for hydroxylation is 1. The molecule has 9 heteroatoms. The average Bonchev–Trinajstić information content (AvgIpc) is 3.38. The number of nitrogens with one attached hydrogen (secondary N) is 1. The molecule has 1 N–H and O–H groups in total. The van der Waals surface area contributed by atoms with Gasteiger partial charge in [0.1, 0.15) is 0 Å². The number of nitrogens with zero attached hydrogens (tertiary/aromatic N) is 4. The van der Waals surface area contributed by atoms with Crippen molar-refractivity contribution in [2.45, 2.75) is 23.9 Å². The first-order valence-electron chi connectivity index (χ1n) is 7.84. The molecule has 0 radical (unpaired) electrons. The van der Waals surface area contributed by atoms with Crippen LogP contribution in [-0.2, 0) is 5.75 Å². The Balaban J connectivity index is 1.39. The molecule has 0 amide bonds. The molecule has 0 bridgehead atoms. The molecule has 4 aromatic rings. The summed E-state index contributed by atoms with van der Waals surface area (Å²) in [5.41, 5.74) is 4.46. The van der Waals surface area contributed by atoms with Crippen LogP contribution in [0.4, 0.5) is 10.8 Å². The largest absolute Gasteiger partial charge is 0.334 e. The van der Waals surface area contributed by atoms with Crippen molar-refractivity contribution in [1.82, 2.24) is 20.3 Å². The quantitative estimate of drug-likeness (QED) is 0.439. The van der Waals surface area contributed by atoms with E-state index in [2.05, 4.69) is 45.6 Å². The van der Waals surface area contributed by atoms with Gasteiger partial charge in [0, 0.05) is 11.1 Å². The smallest absolute Gasteiger partial charge is 0.258 e. The monoisotopic (exact) mass is 401 g/mol. The van der Waals surface area contributed by atoms with Gasteiger partial charge < -0.3 is 9.84 Å². The fourth-order valence-corrected chi connectivity index (χ4v) is 4.50. The fraction of sp³-hybridized carbons (Fsp3) is 0.176. The highest BCUT2D eigenvalue weighted by Gasteiger charge is 2.12. The van der Waals surface area contributed by atoms with E-state index in [1.54, 1.807) is 23.1 Å². The number of rotatable bonds is 6. The molecule has 0 aliphatic heterocycles. The maximum atomic E-state index is 5.29. The van der Waals surface area contributed by atoms with Crippen LogP contribution >= 0.6 is 34.4 Å². The highest BCUT2D eigenvalue weighted by atomic mass is 32.2. The number of hydrogen-bond acceptors (Lipinski definition) is 9. The maximum Gasteiger partial charge on any atom is 0.258 e. The molecule has 0 saturated heterocycles. The fourth-order valence-electron chi connectivity index (χ4n) is 2.26. The summed E-state index contributed by atoms with van der Waals surface area (Å²) in [5.74, 6) is 1.79. The third-order valence-electron chi connectivity index (χ3n) is 3.81. The van der Waals surface area contributed by atoms with E-state index < -0.39 is 0 Å². The molecule has 0 fully saturated rings. The second-order valence-corrected chi connectivity index (χ2v) is 8.54. The lowest BCUT2D eigenvalue weighted by molar-refractivity contribution is 0.425. The van der Waals surface area contributed by atoms with Crippen LogP contribution in [0, 0.1) is 13.8 Å². The summed E-state index contributed by atoms with van der Waals surface area (Å²) in [6, 6.07) is 8.13. The van der Waals surface area contributed by atoms with Gasteiger partial charge in [0.25, 0.3) is 5.89 Å². The first-order chi connectivity index (χ1) is 12.7. The number of thioether (sulfide) groups is 1. The number of benzene rings is 1. The topological polar surface area (TPSA) is 76.7 Å². The van der Waals surface area contributed by atoms with Crippen molar-refractivity contribution in [3.63, 3.8) is 0 Å². The highest BCUT2D eigenvalue weighted by Crippen LogP contribution is 2.31. The predicted octanol–water partition coefficient (Wildman–Crippen LogP) is 5.30. The zero-order valence-electron chi connectivity index (χ0n) is 14.1. The van der Waals surface area contributed by atoms with Gasteiger partial charge in [-0.3, -0.25) is 0 Å². The Morgan fingerprint density at radius 2 is 2.12 bits per heavy atom. The van der Waals surface area contributed by atoms with Crippen LogP contribution in [0.1, 0.15) is 17.0 Å². The summed E-state index contributed by atoms with van der Waals surface area (Å²) in [7, 11) is 0. The van der Waals surface area contributed by atoms with E-state index in [-0.39, 0.29) is 0 Å². The summed E-state index contributed by atoms with van der Waals surface area (Å²) in [5, 5.41) is 20.5. The zero-order chi connectivity index (χ0) is 17.9. The lowest BCUT2D eigenvalue weighted by atomic mass is 10.1. The molecule has 0 aliphatic rings. The lowest BCUT2D eigenvalue weighted by Gasteiger charge is -2.08. The van der Waals surface area contributed by atoms with Gasteiger partial charge in [-0.15, -0.1) is 10.2 Å². The molecule has 3 aromatic heterocycles. The average molecular weight is 402 g/mol. The van der Waals surface area contributed by atoms with Crippen LogP contribution in [0.5, 0.6) is 0 Å². The molecule has 132 valence electrons. The lowest BCUT2D eigenvalue weighted by Crippen LogP contribution is -1.94. The molecule has 0 unspecified atom stereocenters. The van der Waals surface area contributed by atoms with Gasteiger partial charge in [-0.05, 0) is 42.5 Å². The third-order valence-corrected chi connectivity index (χ3v) is 6.46. The van der Waals surface area contributed by atoms with E-state index in [9.17, 15) is 0 Å².